The van der Waals surface area contributed by atoms with E-state index in [-0.39, 0.29) is 5.56 Å². The summed E-state index contributed by atoms with van der Waals surface area (Å²) in [6.07, 6.45) is 1.39. The Labute approximate surface area is 112 Å². The van der Waals surface area contributed by atoms with Gasteiger partial charge in [0.25, 0.3) is 0 Å². The van der Waals surface area contributed by atoms with Crippen LogP contribution in [0.4, 0.5) is 8.78 Å². The van der Waals surface area contributed by atoms with Crippen LogP contribution >= 0.6 is 15.9 Å². The van der Waals surface area contributed by atoms with Crippen molar-refractivity contribution < 1.29 is 13.5 Å². The van der Waals surface area contributed by atoms with E-state index in [1.807, 2.05) is 0 Å². The lowest BCUT2D eigenvalue weighted by Crippen LogP contribution is -2.23. The SMILES string of the molecule is FC(F)(COc1ccc(Br)nc1)c1ccccc1. The maximum absolute atomic E-state index is 13.8. The maximum atomic E-state index is 13.8. The largest absolute Gasteiger partial charge is 0.485 e. The lowest BCUT2D eigenvalue weighted by atomic mass is 10.1. The lowest BCUT2D eigenvalue weighted by Gasteiger charge is -2.17. The van der Waals surface area contributed by atoms with E-state index in [4.69, 9.17) is 4.74 Å². The summed E-state index contributed by atoms with van der Waals surface area (Å²) in [6, 6.07) is 10.8. The molecule has 0 radical (unpaired) electrons. The molecule has 2 nitrogen and oxygen atoms in total. The second-order valence-electron chi connectivity index (χ2n) is 3.68. The third kappa shape index (κ3) is 3.26. The van der Waals surface area contributed by atoms with Crippen molar-refractivity contribution in [1.82, 2.24) is 4.98 Å². The molecule has 0 atom stereocenters. The quantitative estimate of drug-likeness (QED) is 0.795. The molecule has 0 fully saturated rings. The van der Waals surface area contributed by atoms with Crippen molar-refractivity contribution in [3.8, 4) is 5.75 Å². The first-order valence-electron chi connectivity index (χ1n) is 5.26. The molecule has 0 aliphatic heterocycles. The molecule has 0 N–H and O–H groups in total. The van der Waals surface area contributed by atoms with Gasteiger partial charge in [-0.1, -0.05) is 30.3 Å². The first-order chi connectivity index (χ1) is 8.58. The topological polar surface area (TPSA) is 22.1 Å². The Morgan fingerprint density at radius 1 is 1.11 bits per heavy atom. The van der Waals surface area contributed by atoms with E-state index in [1.54, 1.807) is 30.3 Å². The number of halogens is 3. The van der Waals surface area contributed by atoms with Gasteiger partial charge < -0.3 is 4.74 Å². The van der Waals surface area contributed by atoms with Crippen molar-refractivity contribution in [3.63, 3.8) is 0 Å². The number of pyridine rings is 1. The fraction of sp³-hybridized carbons (Fsp3) is 0.154. The Kier molecular flexibility index (Phi) is 3.91. The average Bonchev–Trinajstić information content (AvgIpc) is 2.39. The van der Waals surface area contributed by atoms with E-state index in [0.29, 0.717) is 10.4 Å². The fourth-order valence-corrected chi connectivity index (χ4v) is 1.62. The Morgan fingerprint density at radius 2 is 1.83 bits per heavy atom. The molecule has 0 spiro atoms. The molecule has 1 aromatic heterocycles. The van der Waals surface area contributed by atoms with Gasteiger partial charge in [-0.2, -0.15) is 8.78 Å². The number of hydrogen-bond acceptors (Lipinski definition) is 2. The molecular weight excluding hydrogens is 304 g/mol. The predicted octanol–water partition coefficient (Wildman–Crippen LogP) is 4.01. The molecule has 18 heavy (non-hydrogen) atoms. The molecular formula is C13H10BrF2NO. The Morgan fingerprint density at radius 3 is 2.44 bits per heavy atom. The molecule has 1 heterocycles. The summed E-state index contributed by atoms with van der Waals surface area (Å²) in [4.78, 5) is 3.90. The minimum atomic E-state index is -3.02. The third-order valence-corrected chi connectivity index (χ3v) is 2.79. The van der Waals surface area contributed by atoms with Crippen molar-refractivity contribution in [3.05, 3.63) is 58.8 Å². The zero-order chi connectivity index (χ0) is 13.0. The molecule has 0 unspecified atom stereocenters. The van der Waals surface area contributed by atoms with Gasteiger partial charge in [0.05, 0.1) is 6.20 Å². The standard InChI is InChI=1S/C13H10BrF2NO/c14-12-7-6-11(8-17-12)18-9-13(15,16)10-4-2-1-3-5-10/h1-8H,9H2. The van der Waals surface area contributed by atoms with E-state index >= 15 is 0 Å². The van der Waals surface area contributed by atoms with Crippen LogP contribution in [0.25, 0.3) is 0 Å². The highest BCUT2D eigenvalue weighted by Gasteiger charge is 2.32. The lowest BCUT2D eigenvalue weighted by molar-refractivity contribution is -0.0468. The molecule has 2 aromatic rings. The van der Waals surface area contributed by atoms with Gasteiger partial charge in [-0.05, 0) is 28.1 Å². The predicted molar refractivity (Wildman–Crippen MR) is 67.8 cm³/mol. The number of alkyl halides is 2. The Balaban J connectivity index is 2.03. The summed E-state index contributed by atoms with van der Waals surface area (Å²) in [5, 5.41) is 0. The highest BCUT2D eigenvalue weighted by molar-refractivity contribution is 9.10. The number of nitrogens with zero attached hydrogens (tertiary/aromatic N) is 1. The van der Waals surface area contributed by atoms with E-state index in [9.17, 15) is 8.78 Å². The normalized spacial score (nSPS) is 11.3. The smallest absolute Gasteiger partial charge is 0.306 e. The molecule has 94 valence electrons. The monoisotopic (exact) mass is 313 g/mol. The molecule has 1 aromatic carbocycles. The van der Waals surface area contributed by atoms with Crippen molar-refractivity contribution >= 4 is 15.9 Å². The van der Waals surface area contributed by atoms with Crippen LogP contribution in [0.5, 0.6) is 5.75 Å². The molecule has 0 aliphatic carbocycles. The summed E-state index contributed by atoms with van der Waals surface area (Å²) in [5.41, 5.74) is -0.0601. The summed E-state index contributed by atoms with van der Waals surface area (Å²) in [7, 11) is 0. The fourth-order valence-electron chi connectivity index (χ4n) is 1.39. The summed E-state index contributed by atoms with van der Waals surface area (Å²) < 4.78 is 33.2. The van der Waals surface area contributed by atoms with Gasteiger partial charge >= 0.3 is 5.92 Å². The number of hydrogen-bond donors (Lipinski definition) is 0. The average molecular weight is 314 g/mol. The summed E-state index contributed by atoms with van der Waals surface area (Å²) in [6.45, 7) is -0.708. The van der Waals surface area contributed by atoms with Crippen molar-refractivity contribution in [2.24, 2.45) is 0 Å². The van der Waals surface area contributed by atoms with E-state index in [2.05, 4.69) is 20.9 Å². The van der Waals surface area contributed by atoms with Crippen LogP contribution in [0.15, 0.2) is 53.3 Å². The van der Waals surface area contributed by atoms with Crippen LogP contribution in [0.1, 0.15) is 5.56 Å². The molecule has 0 bridgehead atoms. The van der Waals surface area contributed by atoms with Crippen LogP contribution in [-0.2, 0) is 5.92 Å². The van der Waals surface area contributed by atoms with Gasteiger partial charge in [-0.25, -0.2) is 4.98 Å². The minimum Gasteiger partial charge on any atom is -0.485 e. The minimum absolute atomic E-state index is 0.0601. The molecule has 0 aliphatic rings. The first-order valence-corrected chi connectivity index (χ1v) is 6.05. The molecule has 0 saturated heterocycles. The van der Waals surface area contributed by atoms with Gasteiger partial charge in [0.1, 0.15) is 10.4 Å². The third-order valence-electron chi connectivity index (χ3n) is 2.32. The van der Waals surface area contributed by atoms with Crippen LogP contribution in [0, 0.1) is 0 Å². The Bertz CT molecular complexity index is 502. The van der Waals surface area contributed by atoms with Gasteiger partial charge in [-0.3, -0.25) is 0 Å². The van der Waals surface area contributed by atoms with Crippen molar-refractivity contribution in [2.45, 2.75) is 5.92 Å². The van der Waals surface area contributed by atoms with Gasteiger partial charge in [0, 0.05) is 5.56 Å². The second kappa shape index (κ2) is 5.44. The maximum Gasteiger partial charge on any atom is 0.306 e. The zero-order valence-electron chi connectivity index (χ0n) is 9.32. The van der Waals surface area contributed by atoms with Gasteiger partial charge in [0.2, 0.25) is 0 Å². The number of ether oxygens (including phenoxy) is 1. The van der Waals surface area contributed by atoms with Crippen LogP contribution in [0.3, 0.4) is 0 Å². The van der Waals surface area contributed by atoms with Gasteiger partial charge in [-0.15, -0.1) is 0 Å². The molecule has 0 saturated carbocycles. The summed E-state index contributed by atoms with van der Waals surface area (Å²) in [5.74, 6) is -2.71. The van der Waals surface area contributed by atoms with Gasteiger partial charge in [0.15, 0.2) is 6.61 Å². The van der Waals surface area contributed by atoms with E-state index < -0.39 is 12.5 Å². The van der Waals surface area contributed by atoms with Crippen LogP contribution in [-0.4, -0.2) is 11.6 Å². The first kappa shape index (κ1) is 13.0. The number of aromatic nitrogens is 1. The van der Waals surface area contributed by atoms with E-state index in [0.717, 1.165) is 0 Å². The summed E-state index contributed by atoms with van der Waals surface area (Å²) >= 11 is 3.16. The van der Waals surface area contributed by atoms with Crippen molar-refractivity contribution in [1.29, 1.82) is 0 Å². The molecule has 5 heteroatoms. The van der Waals surface area contributed by atoms with Crippen LogP contribution < -0.4 is 4.74 Å². The Hall–Kier alpha value is -1.49. The highest BCUT2D eigenvalue weighted by atomic mass is 79.9. The van der Waals surface area contributed by atoms with Crippen molar-refractivity contribution in [2.75, 3.05) is 6.61 Å². The number of rotatable bonds is 4. The molecule has 2 rings (SSSR count). The van der Waals surface area contributed by atoms with Crippen LogP contribution in [0.2, 0.25) is 0 Å². The molecule has 0 amide bonds. The second-order valence-corrected chi connectivity index (χ2v) is 4.49. The zero-order valence-corrected chi connectivity index (χ0v) is 10.9. The van der Waals surface area contributed by atoms with E-state index in [1.165, 1.54) is 18.3 Å². The number of benzene rings is 1. The highest BCUT2D eigenvalue weighted by Crippen LogP contribution is 2.28.